The van der Waals surface area contributed by atoms with Crippen molar-refractivity contribution in [3.8, 4) is 5.75 Å². The standard InChI is InChI=1S/C23H25N3O4S/c1-26-13-24-18-7-4-8-20(22(18)26)31(28,29)25-23(27)17-10-9-16-15(14-5-3-6-14)11-12-19(30-2)21(16)17/h4,7-8,11-14,17H,3,5-6,9-10H2,1-2H3,(H,25,27)/t17-/m0/s1. The average Bonchev–Trinajstić information content (AvgIpc) is 3.31. The van der Waals surface area contributed by atoms with Crippen molar-refractivity contribution in [2.45, 2.75) is 48.8 Å². The summed E-state index contributed by atoms with van der Waals surface area (Å²) in [6.45, 7) is 0. The van der Waals surface area contributed by atoms with Gasteiger partial charge in [0, 0.05) is 12.6 Å². The number of hydrogen-bond donors (Lipinski definition) is 1. The van der Waals surface area contributed by atoms with Crippen LogP contribution in [-0.2, 0) is 28.3 Å². The van der Waals surface area contributed by atoms with E-state index in [-0.39, 0.29) is 4.90 Å². The predicted octanol–water partition coefficient (Wildman–Crippen LogP) is 3.38. The predicted molar refractivity (Wildman–Crippen MR) is 117 cm³/mol. The zero-order valence-corrected chi connectivity index (χ0v) is 18.4. The molecule has 3 aromatic rings. The van der Waals surface area contributed by atoms with E-state index in [9.17, 15) is 13.2 Å². The lowest BCUT2D eigenvalue weighted by Gasteiger charge is -2.28. The largest absolute Gasteiger partial charge is 0.496 e. The molecule has 0 spiro atoms. The van der Waals surface area contributed by atoms with Crippen LogP contribution in [0.3, 0.4) is 0 Å². The highest BCUT2D eigenvalue weighted by atomic mass is 32.2. The van der Waals surface area contributed by atoms with Crippen LogP contribution in [0.25, 0.3) is 11.0 Å². The number of carbonyl (C=O) groups is 1. The monoisotopic (exact) mass is 439 g/mol. The molecule has 1 heterocycles. The molecule has 2 aliphatic carbocycles. The van der Waals surface area contributed by atoms with Crippen LogP contribution in [0.5, 0.6) is 5.75 Å². The van der Waals surface area contributed by atoms with Crippen LogP contribution < -0.4 is 9.46 Å². The summed E-state index contributed by atoms with van der Waals surface area (Å²) < 4.78 is 35.8. The first-order valence-electron chi connectivity index (χ1n) is 10.6. The molecule has 5 rings (SSSR count). The molecule has 0 radical (unpaired) electrons. The minimum atomic E-state index is -4.06. The minimum absolute atomic E-state index is 0.0479. The van der Waals surface area contributed by atoms with Crippen molar-refractivity contribution < 1.29 is 17.9 Å². The Balaban J connectivity index is 1.49. The first-order chi connectivity index (χ1) is 14.9. The van der Waals surface area contributed by atoms with Gasteiger partial charge in [0.25, 0.3) is 10.0 Å². The number of hydrogen-bond acceptors (Lipinski definition) is 5. The van der Waals surface area contributed by atoms with Gasteiger partial charge in [-0.2, -0.15) is 0 Å². The third kappa shape index (κ3) is 3.20. The number of rotatable bonds is 5. The van der Waals surface area contributed by atoms with Gasteiger partial charge in [0.15, 0.2) is 0 Å². The Morgan fingerprint density at radius 3 is 2.71 bits per heavy atom. The van der Waals surface area contributed by atoms with Gasteiger partial charge in [-0.05, 0) is 60.9 Å². The topological polar surface area (TPSA) is 90.3 Å². The van der Waals surface area contributed by atoms with E-state index < -0.39 is 21.8 Å². The Bertz CT molecular complexity index is 1290. The summed E-state index contributed by atoms with van der Waals surface area (Å²) in [6, 6.07) is 8.91. The number of benzene rings is 2. The molecule has 2 aromatic carbocycles. The Labute approximate surface area is 181 Å². The maximum atomic E-state index is 13.2. The van der Waals surface area contributed by atoms with E-state index in [1.807, 2.05) is 6.07 Å². The first kappa shape index (κ1) is 20.1. The van der Waals surface area contributed by atoms with Crippen molar-refractivity contribution in [3.63, 3.8) is 0 Å². The number of carbonyl (C=O) groups excluding carboxylic acids is 1. The van der Waals surface area contributed by atoms with E-state index in [1.54, 1.807) is 37.2 Å². The second-order valence-corrected chi connectivity index (χ2v) is 10.1. The highest BCUT2D eigenvalue weighted by Gasteiger charge is 2.37. The molecule has 0 saturated heterocycles. The number of methoxy groups -OCH3 is 1. The summed E-state index contributed by atoms with van der Waals surface area (Å²) in [4.78, 5) is 17.5. The van der Waals surface area contributed by atoms with Crippen LogP contribution in [0.1, 0.15) is 54.2 Å². The molecule has 162 valence electrons. The Hall–Kier alpha value is -2.87. The fraction of sp³-hybridized carbons (Fsp3) is 0.391. The summed E-state index contributed by atoms with van der Waals surface area (Å²) in [7, 11) is -0.738. The maximum Gasteiger partial charge on any atom is 0.266 e. The van der Waals surface area contributed by atoms with E-state index in [1.165, 1.54) is 30.9 Å². The Morgan fingerprint density at radius 1 is 1.19 bits per heavy atom. The quantitative estimate of drug-likeness (QED) is 0.658. The molecule has 7 nitrogen and oxygen atoms in total. The molecule has 8 heteroatoms. The van der Waals surface area contributed by atoms with Crippen molar-refractivity contribution in [2.75, 3.05) is 7.11 Å². The van der Waals surface area contributed by atoms with Crippen LogP contribution >= 0.6 is 0 Å². The average molecular weight is 440 g/mol. The summed E-state index contributed by atoms with van der Waals surface area (Å²) >= 11 is 0. The van der Waals surface area contributed by atoms with E-state index >= 15 is 0 Å². The molecule has 1 atom stereocenters. The van der Waals surface area contributed by atoms with Gasteiger partial charge >= 0.3 is 0 Å². The van der Waals surface area contributed by atoms with Gasteiger partial charge in [0.1, 0.15) is 10.6 Å². The summed E-state index contributed by atoms with van der Waals surface area (Å²) in [6.07, 6.45) is 6.46. The molecule has 1 saturated carbocycles. The van der Waals surface area contributed by atoms with E-state index in [0.29, 0.717) is 29.1 Å². The van der Waals surface area contributed by atoms with Gasteiger partial charge in [-0.15, -0.1) is 0 Å². The lowest BCUT2D eigenvalue weighted by atomic mass is 9.77. The molecule has 2 aliphatic rings. The van der Waals surface area contributed by atoms with Crippen LogP contribution in [0.4, 0.5) is 0 Å². The van der Waals surface area contributed by atoms with Gasteiger partial charge in [-0.1, -0.05) is 18.6 Å². The fourth-order valence-electron chi connectivity index (χ4n) is 4.95. The number of amides is 1. The lowest BCUT2D eigenvalue weighted by molar-refractivity contribution is -0.120. The lowest BCUT2D eigenvalue weighted by Crippen LogP contribution is -2.34. The van der Waals surface area contributed by atoms with Crippen molar-refractivity contribution in [2.24, 2.45) is 7.05 Å². The number of imidazole rings is 1. The molecule has 0 unspecified atom stereocenters. The zero-order chi connectivity index (χ0) is 21.8. The summed E-state index contributed by atoms with van der Waals surface area (Å²) in [5, 5.41) is 0. The first-order valence-corrected chi connectivity index (χ1v) is 12.1. The smallest absolute Gasteiger partial charge is 0.266 e. The normalized spacial score (nSPS) is 18.6. The van der Waals surface area contributed by atoms with Crippen LogP contribution in [-0.4, -0.2) is 31.0 Å². The minimum Gasteiger partial charge on any atom is -0.496 e. The summed E-state index contributed by atoms with van der Waals surface area (Å²) in [5.74, 6) is 0.127. The van der Waals surface area contributed by atoms with Crippen molar-refractivity contribution in [1.29, 1.82) is 0 Å². The second kappa shape index (κ2) is 7.37. The number of aromatic nitrogens is 2. The van der Waals surface area contributed by atoms with Crippen LogP contribution in [0, 0.1) is 0 Å². The molecular weight excluding hydrogens is 414 g/mol. The van der Waals surface area contributed by atoms with E-state index in [4.69, 9.17) is 4.74 Å². The zero-order valence-electron chi connectivity index (χ0n) is 17.6. The number of aryl methyl sites for hydroxylation is 1. The van der Waals surface area contributed by atoms with E-state index in [0.717, 1.165) is 17.5 Å². The van der Waals surface area contributed by atoms with Crippen molar-refractivity contribution >= 4 is 27.0 Å². The highest BCUT2D eigenvalue weighted by Crippen LogP contribution is 2.47. The SMILES string of the molecule is COc1ccc(C2CCC2)c2c1[C@@H](C(=O)NS(=O)(=O)c1cccc3ncn(C)c13)CC2. The van der Waals surface area contributed by atoms with Gasteiger partial charge in [-0.3, -0.25) is 4.79 Å². The fourth-order valence-corrected chi connectivity index (χ4v) is 6.23. The number of fused-ring (bicyclic) bond motifs is 2. The molecule has 0 bridgehead atoms. The maximum absolute atomic E-state index is 13.2. The molecule has 1 amide bonds. The van der Waals surface area contributed by atoms with Crippen LogP contribution in [0.2, 0.25) is 0 Å². The molecule has 0 aliphatic heterocycles. The molecule has 31 heavy (non-hydrogen) atoms. The van der Waals surface area contributed by atoms with Gasteiger partial charge < -0.3 is 9.30 Å². The van der Waals surface area contributed by atoms with E-state index in [2.05, 4.69) is 15.8 Å². The van der Waals surface area contributed by atoms with Gasteiger partial charge in [0.2, 0.25) is 5.91 Å². The third-order valence-corrected chi connectivity index (χ3v) is 8.07. The Kier molecular flexibility index (Phi) is 4.77. The number of nitrogens with zero attached hydrogens (tertiary/aromatic N) is 2. The molecule has 1 N–H and O–H groups in total. The van der Waals surface area contributed by atoms with Gasteiger partial charge in [0.05, 0.1) is 30.4 Å². The van der Waals surface area contributed by atoms with Gasteiger partial charge in [-0.25, -0.2) is 18.1 Å². The van der Waals surface area contributed by atoms with Crippen molar-refractivity contribution in [3.05, 3.63) is 53.3 Å². The number of nitrogens with one attached hydrogen (secondary N) is 1. The molecule has 1 fully saturated rings. The molecular formula is C23H25N3O4S. The number of ether oxygens (including phenoxy) is 1. The third-order valence-electron chi connectivity index (χ3n) is 6.69. The number of para-hydroxylation sites is 1. The Morgan fingerprint density at radius 2 is 2.00 bits per heavy atom. The van der Waals surface area contributed by atoms with Crippen LogP contribution in [0.15, 0.2) is 41.6 Å². The van der Waals surface area contributed by atoms with Crippen molar-refractivity contribution in [1.82, 2.24) is 14.3 Å². The molecule has 1 aromatic heterocycles. The second-order valence-electron chi connectivity index (χ2n) is 8.42. The highest BCUT2D eigenvalue weighted by molar-refractivity contribution is 7.90. The number of sulfonamides is 1. The summed E-state index contributed by atoms with van der Waals surface area (Å²) in [5.41, 5.74) is 4.34.